The molecule has 0 saturated heterocycles. The van der Waals surface area contributed by atoms with Gasteiger partial charge in [0.05, 0.1) is 6.42 Å². The van der Waals surface area contributed by atoms with Crippen LogP contribution in [0.4, 0.5) is 0 Å². The summed E-state index contributed by atoms with van der Waals surface area (Å²) < 4.78 is 0. The van der Waals surface area contributed by atoms with Gasteiger partial charge in [0.2, 0.25) is 0 Å². The standard InChI is InChI=1S/C39H61N5O5/c1-6-21-44(22-7-2)39(47)33-18-14-17-32(28-33)38(46)41-36(27-31-15-10-8-11-16-31)34(30-40-35-19-12-9-13-20-35)29-37(45)49-48-26-25-43(5)24-23-42(3)4/h8,10-11,14-18,28,34-36,40H,6-7,9,12-13,19-27,29-30H2,1-5H3,(H,41,46)/t34-,36+/m1/s1. The van der Waals surface area contributed by atoms with Crippen LogP contribution in [-0.2, 0) is 21.0 Å². The Labute approximate surface area is 294 Å². The van der Waals surface area contributed by atoms with Crippen molar-refractivity contribution in [1.82, 2.24) is 25.3 Å². The second kappa shape index (κ2) is 22.4. The van der Waals surface area contributed by atoms with E-state index in [-0.39, 0.29) is 36.8 Å². The Hall–Kier alpha value is -3.31. The maximum absolute atomic E-state index is 13.9. The quantitative estimate of drug-likeness (QED) is 0.0997. The van der Waals surface area contributed by atoms with Crippen LogP contribution >= 0.6 is 0 Å². The van der Waals surface area contributed by atoms with Crippen molar-refractivity contribution in [2.75, 3.05) is 67.0 Å². The lowest BCUT2D eigenvalue weighted by atomic mass is 9.89. The average molecular weight is 680 g/mol. The number of amides is 2. The van der Waals surface area contributed by atoms with Crippen LogP contribution in [0, 0.1) is 5.92 Å². The zero-order valence-corrected chi connectivity index (χ0v) is 30.6. The van der Waals surface area contributed by atoms with Crippen LogP contribution in [-0.4, -0.2) is 112 Å². The second-order valence-corrected chi connectivity index (χ2v) is 13.7. The molecule has 0 spiro atoms. The number of carbonyl (C=O) groups is 3. The number of likely N-dealkylation sites (N-methyl/N-ethyl adjacent to an activating group) is 2. The maximum atomic E-state index is 13.9. The Bertz CT molecular complexity index is 1250. The normalized spacial score (nSPS) is 14.8. The van der Waals surface area contributed by atoms with E-state index in [9.17, 15) is 14.4 Å². The summed E-state index contributed by atoms with van der Waals surface area (Å²) >= 11 is 0. The molecular weight excluding hydrogens is 618 g/mol. The Morgan fingerprint density at radius 1 is 0.837 bits per heavy atom. The molecule has 0 aromatic heterocycles. The molecule has 0 radical (unpaired) electrons. The molecule has 3 rings (SSSR count). The maximum Gasteiger partial charge on any atom is 0.342 e. The van der Waals surface area contributed by atoms with E-state index >= 15 is 0 Å². The van der Waals surface area contributed by atoms with Crippen molar-refractivity contribution >= 4 is 17.8 Å². The molecule has 1 fully saturated rings. The number of carbonyl (C=O) groups excluding carboxylic acids is 3. The average Bonchev–Trinajstić information content (AvgIpc) is 3.11. The van der Waals surface area contributed by atoms with Crippen molar-refractivity contribution in [2.24, 2.45) is 5.92 Å². The summed E-state index contributed by atoms with van der Waals surface area (Å²) in [5.41, 5.74) is 1.97. The predicted octanol–water partition coefficient (Wildman–Crippen LogP) is 5.19. The lowest BCUT2D eigenvalue weighted by molar-refractivity contribution is -0.274. The van der Waals surface area contributed by atoms with Gasteiger partial charge in [-0.2, -0.15) is 4.89 Å². The van der Waals surface area contributed by atoms with Gasteiger partial charge in [-0.15, -0.1) is 0 Å². The third-order valence-corrected chi connectivity index (χ3v) is 9.17. The van der Waals surface area contributed by atoms with Crippen molar-refractivity contribution in [1.29, 1.82) is 0 Å². The molecule has 49 heavy (non-hydrogen) atoms. The van der Waals surface area contributed by atoms with Crippen molar-refractivity contribution in [3.05, 3.63) is 71.3 Å². The molecule has 10 nitrogen and oxygen atoms in total. The number of hydrogen-bond donors (Lipinski definition) is 2. The fraction of sp³-hybridized carbons (Fsp3) is 0.615. The van der Waals surface area contributed by atoms with Crippen molar-refractivity contribution in [3.63, 3.8) is 0 Å². The molecule has 1 aliphatic rings. The highest BCUT2D eigenvalue weighted by molar-refractivity contribution is 5.99. The first-order valence-corrected chi connectivity index (χ1v) is 18.3. The van der Waals surface area contributed by atoms with Gasteiger partial charge in [-0.3, -0.25) is 14.5 Å². The molecule has 2 amide bonds. The number of nitrogens with one attached hydrogen (secondary N) is 2. The molecule has 2 aromatic rings. The lowest BCUT2D eigenvalue weighted by Gasteiger charge is -2.31. The summed E-state index contributed by atoms with van der Waals surface area (Å²) in [4.78, 5) is 57.2. The predicted molar refractivity (Wildman–Crippen MR) is 195 cm³/mol. The molecule has 2 N–H and O–H groups in total. The third kappa shape index (κ3) is 15.0. The van der Waals surface area contributed by atoms with Gasteiger partial charge in [-0.1, -0.05) is 69.5 Å². The highest BCUT2D eigenvalue weighted by Crippen LogP contribution is 2.21. The fourth-order valence-corrected chi connectivity index (χ4v) is 6.30. The van der Waals surface area contributed by atoms with E-state index in [2.05, 4.69) is 34.3 Å². The third-order valence-electron chi connectivity index (χ3n) is 9.17. The summed E-state index contributed by atoms with van der Waals surface area (Å²) in [6.07, 6.45) is 8.18. The summed E-state index contributed by atoms with van der Waals surface area (Å²) in [5.74, 6) is -1.07. The van der Waals surface area contributed by atoms with Gasteiger partial charge in [-0.05, 0) is 77.0 Å². The van der Waals surface area contributed by atoms with Crippen LogP contribution < -0.4 is 10.6 Å². The Morgan fingerprint density at radius 3 is 2.20 bits per heavy atom. The SMILES string of the molecule is CCCN(CCC)C(=O)c1cccc(C(=O)N[C@@H](Cc2ccccc2)[C@@H](CNC2CCCCC2)CC(=O)OOCCN(C)CCN(C)C)c1. The van der Waals surface area contributed by atoms with Gasteiger partial charge in [0.1, 0.15) is 6.61 Å². The minimum atomic E-state index is -0.460. The van der Waals surface area contributed by atoms with E-state index in [4.69, 9.17) is 9.78 Å². The zero-order chi connectivity index (χ0) is 35.4. The molecule has 2 atom stereocenters. The molecule has 10 heteroatoms. The molecule has 272 valence electrons. The topological polar surface area (TPSA) is 103 Å². The Balaban J connectivity index is 1.77. The van der Waals surface area contributed by atoms with Gasteiger partial charge >= 0.3 is 5.97 Å². The Morgan fingerprint density at radius 2 is 1.53 bits per heavy atom. The van der Waals surface area contributed by atoms with E-state index < -0.39 is 5.97 Å². The van der Waals surface area contributed by atoms with Gasteiger partial charge < -0.3 is 25.3 Å². The van der Waals surface area contributed by atoms with E-state index in [1.54, 1.807) is 24.3 Å². The van der Waals surface area contributed by atoms with E-state index in [0.717, 1.165) is 44.3 Å². The van der Waals surface area contributed by atoms with Crippen molar-refractivity contribution in [2.45, 2.75) is 83.7 Å². The molecule has 2 aromatic carbocycles. The molecule has 0 unspecified atom stereocenters. The molecule has 0 bridgehead atoms. The summed E-state index contributed by atoms with van der Waals surface area (Å²) in [6, 6.07) is 17.0. The van der Waals surface area contributed by atoms with E-state index in [1.165, 1.54) is 19.3 Å². The van der Waals surface area contributed by atoms with Gasteiger partial charge in [-0.25, -0.2) is 4.79 Å². The van der Waals surface area contributed by atoms with Crippen molar-refractivity contribution < 1.29 is 24.2 Å². The lowest BCUT2D eigenvalue weighted by Crippen LogP contribution is -2.48. The van der Waals surface area contributed by atoms with Crippen LogP contribution in [0.25, 0.3) is 0 Å². The number of benzene rings is 2. The minimum Gasteiger partial charge on any atom is -0.349 e. The van der Waals surface area contributed by atoms with Crippen LogP contribution in [0.15, 0.2) is 54.6 Å². The zero-order valence-electron chi connectivity index (χ0n) is 30.6. The summed E-state index contributed by atoms with van der Waals surface area (Å²) in [6.45, 7) is 8.72. The summed E-state index contributed by atoms with van der Waals surface area (Å²) in [5, 5.41) is 6.97. The molecule has 1 aliphatic carbocycles. The number of hydrogen-bond acceptors (Lipinski definition) is 8. The van der Waals surface area contributed by atoms with Crippen LogP contribution in [0.1, 0.15) is 91.5 Å². The molecular formula is C39H61N5O5. The molecule has 0 heterocycles. The van der Waals surface area contributed by atoms with E-state index in [0.29, 0.717) is 49.8 Å². The first-order chi connectivity index (χ1) is 23.7. The minimum absolute atomic E-state index is 0.0691. The van der Waals surface area contributed by atoms with Gasteiger partial charge in [0.15, 0.2) is 0 Å². The highest BCUT2D eigenvalue weighted by atomic mass is 17.2. The Kier molecular flexibility index (Phi) is 18.4. The summed E-state index contributed by atoms with van der Waals surface area (Å²) in [7, 11) is 6.08. The monoisotopic (exact) mass is 679 g/mol. The molecule has 1 saturated carbocycles. The van der Waals surface area contributed by atoms with Gasteiger partial charge in [0.25, 0.3) is 11.8 Å². The van der Waals surface area contributed by atoms with Gasteiger partial charge in [0, 0.05) is 68.4 Å². The number of rotatable bonds is 22. The van der Waals surface area contributed by atoms with Crippen LogP contribution in [0.2, 0.25) is 0 Å². The largest absolute Gasteiger partial charge is 0.349 e. The second-order valence-electron chi connectivity index (χ2n) is 13.7. The fourth-order valence-electron chi connectivity index (χ4n) is 6.30. The number of nitrogens with zero attached hydrogens (tertiary/aromatic N) is 3. The highest BCUT2D eigenvalue weighted by Gasteiger charge is 2.29. The van der Waals surface area contributed by atoms with Crippen LogP contribution in [0.5, 0.6) is 0 Å². The van der Waals surface area contributed by atoms with Crippen LogP contribution in [0.3, 0.4) is 0 Å². The van der Waals surface area contributed by atoms with Crippen molar-refractivity contribution in [3.8, 4) is 0 Å². The first-order valence-electron chi connectivity index (χ1n) is 18.3. The molecule has 0 aliphatic heterocycles. The van der Waals surface area contributed by atoms with E-state index in [1.807, 2.05) is 56.4 Å². The smallest absolute Gasteiger partial charge is 0.342 e. The first kappa shape index (κ1) is 40.1.